The molecule has 0 radical (unpaired) electrons. The summed E-state index contributed by atoms with van der Waals surface area (Å²) in [4.78, 5) is 7.42. The summed E-state index contributed by atoms with van der Waals surface area (Å²) in [5.74, 6) is -0.750. The van der Waals surface area contributed by atoms with Gasteiger partial charge >= 0.3 is 0 Å². The Morgan fingerprint density at radius 2 is 2.07 bits per heavy atom. The number of benzene rings is 1. The van der Waals surface area contributed by atoms with Crippen molar-refractivity contribution in [2.75, 3.05) is 0 Å². The Morgan fingerprint density at radius 1 is 1.36 bits per heavy atom. The first-order valence-electron chi connectivity index (χ1n) is 3.59. The number of aromatic hydroxyl groups is 1. The smallest absolute Gasteiger partial charge is 0.226 e. The summed E-state index contributed by atoms with van der Waals surface area (Å²) in [7, 11) is 0. The highest BCUT2D eigenvalue weighted by atomic mass is 127. The zero-order valence-corrected chi connectivity index (χ0v) is 9.54. The van der Waals surface area contributed by atoms with Gasteiger partial charge in [-0.2, -0.15) is 4.98 Å². The van der Waals surface area contributed by atoms with Gasteiger partial charge in [0.2, 0.25) is 11.2 Å². The molecule has 0 bridgehead atoms. The molecule has 14 heavy (non-hydrogen) atoms. The second-order valence-electron chi connectivity index (χ2n) is 2.60. The SMILES string of the molecule is Oc1nc(Cl)nc2c(I)cc(F)cc12. The van der Waals surface area contributed by atoms with Crippen LogP contribution in [0.2, 0.25) is 5.28 Å². The molecule has 2 rings (SSSR count). The van der Waals surface area contributed by atoms with Crippen LogP contribution in [0.4, 0.5) is 4.39 Å². The first-order valence-corrected chi connectivity index (χ1v) is 5.05. The van der Waals surface area contributed by atoms with Crippen LogP contribution in [-0.2, 0) is 0 Å². The summed E-state index contributed by atoms with van der Waals surface area (Å²) in [5.41, 5.74) is 0.449. The predicted octanol–water partition coefficient (Wildman–Crippen LogP) is 2.73. The van der Waals surface area contributed by atoms with Gasteiger partial charge in [0.05, 0.1) is 10.9 Å². The molecule has 0 amide bonds. The lowest BCUT2D eigenvalue weighted by molar-refractivity contribution is 0.459. The summed E-state index contributed by atoms with van der Waals surface area (Å²) in [5, 5.41) is 9.60. The van der Waals surface area contributed by atoms with E-state index in [4.69, 9.17) is 11.6 Å². The molecular formula is C8H3ClFIN2O. The number of hydrogen-bond acceptors (Lipinski definition) is 3. The Balaban J connectivity index is 2.94. The number of aromatic nitrogens is 2. The van der Waals surface area contributed by atoms with Crippen molar-refractivity contribution in [1.82, 2.24) is 9.97 Å². The highest BCUT2D eigenvalue weighted by Crippen LogP contribution is 2.27. The molecule has 0 aliphatic heterocycles. The average molecular weight is 324 g/mol. The quantitative estimate of drug-likeness (QED) is 0.599. The molecule has 0 aliphatic rings. The summed E-state index contributed by atoms with van der Waals surface area (Å²) >= 11 is 7.47. The predicted molar refractivity (Wildman–Crippen MR) is 58.9 cm³/mol. The zero-order valence-electron chi connectivity index (χ0n) is 6.63. The van der Waals surface area contributed by atoms with Gasteiger partial charge in [0.15, 0.2) is 0 Å². The fourth-order valence-electron chi connectivity index (χ4n) is 1.11. The molecule has 0 aliphatic carbocycles. The van der Waals surface area contributed by atoms with Crippen LogP contribution in [0, 0.1) is 9.39 Å². The topological polar surface area (TPSA) is 46.0 Å². The maximum atomic E-state index is 13.0. The minimum atomic E-state index is -0.442. The number of hydrogen-bond donors (Lipinski definition) is 1. The molecule has 0 atom stereocenters. The van der Waals surface area contributed by atoms with E-state index in [-0.39, 0.29) is 16.5 Å². The van der Waals surface area contributed by atoms with Gasteiger partial charge in [0.25, 0.3) is 0 Å². The molecule has 1 aromatic heterocycles. The Hall–Kier alpha value is -0.690. The Bertz CT molecular complexity index is 473. The average Bonchev–Trinajstić information content (AvgIpc) is 2.07. The van der Waals surface area contributed by atoms with E-state index in [0.717, 1.165) is 0 Å². The maximum Gasteiger partial charge on any atom is 0.226 e. The van der Waals surface area contributed by atoms with Gasteiger partial charge in [0, 0.05) is 3.57 Å². The second-order valence-corrected chi connectivity index (χ2v) is 4.10. The maximum absolute atomic E-state index is 13.0. The van der Waals surface area contributed by atoms with Crippen LogP contribution < -0.4 is 0 Å². The van der Waals surface area contributed by atoms with Crippen molar-refractivity contribution in [3.05, 3.63) is 26.8 Å². The third kappa shape index (κ3) is 1.61. The monoisotopic (exact) mass is 324 g/mol. The van der Waals surface area contributed by atoms with Crippen LogP contribution in [-0.4, -0.2) is 15.1 Å². The molecule has 1 aromatic carbocycles. The van der Waals surface area contributed by atoms with Crippen molar-refractivity contribution in [2.45, 2.75) is 0 Å². The van der Waals surface area contributed by atoms with Crippen molar-refractivity contribution < 1.29 is 9.50 Å². The van der Waals surface area contributed by atoms with E-state index >= 15 is 0 Å². The zero-order chi connectivity index (χ0) is 10.3. The van der Waals surface area contributed by atoms with Gasteiger partial charge in [-0.3, -0.25) is 0 Å². The van der Waals surface area contributed by atoms with Gasteiger partial charge in [-0.05, 0) is 46.3 Å². The highest BCUT2D eigenvalue weighted by molar-refractivity contribution is 14.1. The summed E-state index contributed by atoms with van der Waals surface area (Å²) in [6.45, 7) is 0. The van der Waals surface area contributed by atoms with E-state index in [2.05, 4.69) is 9.97 Å². The summed E-state index contributed by atoms with van der Waals surface area (Å²) in [6, 6.07) is 2.48. The molecule has 72 valence electrons. The summed E-state index contributed by atoms with van der Waals surface area (Å²) in [6.07, 6.45) is 0. The van der Waals surface area contributed by atoms with E-state index in [9.17, 15) is 9.50 Å². The van der Waals surface area contributed by atoms with Crippen LogP contribution in [0.1, 0.15) is 0 Å². The Morgan fingerprint density at radius 3 is 2.79 bits per heavy atom. The van der Waals surface area contributed by atoms with E-state index < -0.39 is 5.82 Å². The van der Waals surface area contributed by atoms with Gasteiger partial charge in [-0.1, -0.05) is 0 Å². The third-order valence-corrected chi connectivity index (χ3v) is 2.66. The Kier molecular flexibility index (Phi) is 2.44. The molecule has 0 saturated heterocycles. The second kappa shape index (κ2) is 3.47. The van der Waals surface area contributed by atoms with Gasteiger partial charge in [-0.25, -0.2) is 9.37 Å². The molecule has 0 saturated carbocycles. The van der Waals surface area contributed by atoms with E-state index in [1.165, 1.54) is 12.1 Å². The number of rotatable bonds is 0. The van der Waals surface area contributed by atoms with Crippen molar-refractivity contribution >= 4 is 45.1 Å². The molecule has 3 nitrogen and oxygen atoms in total. The number of fused-ring (bicyclic) bond motifs is 1. The van der Waals surface area contributed by atoms with E-state index in [1.807, 2.05) is 22.6 Å². The minimum absolute atomic E-state index is 0.0560. The molecule has 0 unspecified atom stereocenters. The van der Waals surface area contributed by atoms with Crippen LogP contribution in [0.15, 0.2) is 12.1 Å². The fourth-order valence-corrected chi connectivity index (χ4v) is 1.99. The first kappa shape index (κ1) is 9.85. The summed E-state index contributed by atoms with van der Waals surface area (Å²) < 4.78 is 13.6. The van der Waals surface area contributed by atoms with Crippen LogP contribution in [0.5, 0.6) is 5.88 Å². The molecular weight excluding hydrogens is 321 g/mol. The van der Waals surface area contributed by atoms with Gasteiger partial charge < -0.3 is 5.11 Å². The standard InChI is InChI=1S/C8H3ClFIN2O/c9-8-12-6-4(7(14)13-8)1-3(10)2-5(6)11/h1-2H,(H,12,13,14). The van der Waals surface area contributed by atoms with Crippen molar-refractivity contribution in [3.8, 4) is 5.88 Å². The molecule has 2 aromatic rings. The minimum Gasteiger partial charge on any atom is -0.493 e. The van der Waals surface area contributed by atoms with E-state index in [0.29, 0.717) is 9.09 Å². The third-order valence-electron chi connectivity index (χ3n) is 1.67. The van der Waals surface area contributed by atoms with Crippen molar-refractivity contribution in [1.29, 1.82) is 0 Å². The van der Waals surface area contributed by atoms with Crippen molar-refractivity contribution in [2.24, 2.45) is 0 Å². The lowest BCUT2D eigenvalue weighted by Gasteiger charge is -2.02. The highest BCUT2D eigenvalue weighted by Gasteiger charge is 2.09. The Labute approximate surface area is 97.1 Å². The molecule has 1 N–H and O–H groups in total. The van der Waals surface area contributed by atoms with Crippen LogP contribution in [0.25, 0.3) is 10.9 Å². The molecule has 1 heterocycles. The number of halogens is 3. The van der Waals surface area contributed by atoms with Crippen LogP contribution in [0.3, 0.4) is 0 Å². The fraction of sp³-hybridized carbons (Fsp3) is 0. The van der Waals surface area contributed by atoms with Gasteiger partial charge in [-0.15, -0.1) is 0 Å². The molecule has 6 heteroatoms. The molecule has 0 fully saturated rings. The van der Waals surface area contributed by atoms with Gasteiger partial charge in [0.1, 0.15) is 5.82 Å². The lowest BCUT2D eigenvalue weighted by Crippen LogP contribution is -1.90. The normalized spacial score (nSPS) is 10.8. The largest absolute Gasteiger partial charge is 0.493 e. The molecule has 0 spiro atoms. The van der Waals surface area contributed by atoms with Crippen molar-refractivity contribution in [3.63, 3.8) is 0 Å². The van der Waals surface area contributed by atoms with E-state index in [1.54, 1.807) is 0 Å². The number of nitrogens with zero attached hydrogens (tertiary/aromatic N) is 2. The lowest BCUT2D eigenvalue weighted by atomic mass is 10.2. The van der Waals surface area contributed by atoms with Crippen LogP contribution >= 0.6 is 34.2 Å². The first-order chi connectivity index (χ1) is 6.58.